The molecule has 2 aromatic rings. The van der Waals surface area contributed by atoms with E-state index < -0.39 is 4.92 Å². The van der Waals surface area contributed by atoms with Crippen molar-refractivity contribution in [2.45, 2.75) is 6.54 Å². The van der Waals surface area contributed by atoms with E-state index in [-0.39, 0.29) is 17.1 Å². The van der Waals surface area contributed by atoms with Gasteiger partial charge < -0.3 is 10.1 Å². The van der Waals surface area contributed by atoms with Gasteiger partial charge in [-0.25, -0.2) is 0 Å². The van der Waals surface area contributed by atoms with Gasteiger partial charge in [0.05, 0.1) is 4.92 Å². The Labute approximate surface area is 122 Å². The number of nitrogens with one attached hydrogen (secondary N) is 2. The third kappa shape index (κ3) is 4.19. The standard InChI is InChI=1S/C15H16N3O3/c16-15-13(18(19)20)7-4-8-14(15)21-10-9-17-11-12-5-2-1-3-6-12/h1-8,16-17H,9-11H2. The van der Waals surface area contributed by atoms with Gasteiger partial charge in [-0.2, -0.15) is 0 Å². The Kier molecular flexibility index (Phi) is 5.11. The zero-order valence-corrected chi connectivity index (χ0v) is 11.4. The van der Waals surface area contributed by atoms with E-state index in [4.69, 9.17) is 10.5 Å². The number of ether oxygens (including phenoxy) is 1. The Morgan fingerprint density at radius 3 is 2.62 bits per heavy atom. The highest BCUT2D eigenvalue weighted by molar-refractivity contribution is 5.64. The van der Waals surface area contributed by atoms with E-state index >= 15 is 0 Å². The highest BCUT2D eigenvalue weighted by atomic mass is 16.6. The van der Waals surface area contributed by atoms with Crippen LogP contribution < -0.4 is 15.8 Å². The number of hydrogen-bond acceptors (Lipinski definition) is 4. The molecule has 0 spiro atoms. The maximum atomic E-state index is 10.7. The maximum Gasteiger partial charge on any atom is 0.297 e. The van der Waals surface area contributed by atoms with Crippen LogP contribution in [0.15, 0.2) is 48.5 Å². The van der Waals surface area contributed by atoms with E-state index in [2.05, 4.69) is 5.32 Å². The van der Waals surface area contributed by atoms with E-state index in [1.807, 2.05) is 30.3 Å². The Balaban J connectivity index is 1.79. The number of benzene rings is 2. The molecule has 0 atom stereocenters. The third-order valence-corrected chi connectivity index (χ3v) is 2.91. The molecule has 0 fully saturated rings. The summed E-state index contributed by atoms with van der Waals surface area (Å²) in [7, 11) is 0. The summed E-state index contributed by atoms with van der Waals surface area (Å²) in [5, 5.41) is 13.9. The fraction of sp³-hybridized carbons (Fsp3) is 0.200. The first kappa shape index (κ1) is 14.8. The van der Waals surface area contributed by atoms with Crippen LogP contribution in [0.25, 0.3) is 0 Å². The number of rotatable bonds is 7. The molecule has 0 aliphatic carbocycles. The van der Waals surface area contributed by atoms with Crippen LogP contribution in [0.1, 0.15) is 5.56 Å². The van der Waals surface area contributed by atoms with Gasteiger partial charge in [0.2, 0.25) is 0 Å². The van der Waals surface area contributed by atoms with Crippen LogP contribution in [0.2, 0.25) is 0 Å². The van der Waals surface area contributed by atoms with Crippen LogP contribution in [-0.4, -0.2) is 18.1 Å². The zero-order valence-electron chi connectivity index (χ0n) is 11.4. The molecule has 0 aromatic heterocycles. The molecular weight excluding hydrogens is 270 g/mol. The lowest BCUT2D eigenvalue weighted by Gasteiger charge is -2.09. The van der Waals surface area contributed by atoms with Crippen LogP contribution >= 0.6 is 0 Å². The molecule has 6 nitrogen and oxygen atoms in total. The first-order chi connectivity index (χ1) is 10.2. The van der Waals surface area contributed by atoms with Gasteiger partial charge >= 0.3 is 0 Å². The second-order valence-corrected chi connectivity index (χ2v) is 4.42. The molecule has 21 heavy (non-hydrogen) atoms. The second kappa shape index (κ2) is 7.25. The molecule has 2 N–H and O–H groups in total. The minimum Gasteiger partial charge on any atom is -0.490 e. The lowest BCUT2D eigenvalue weighted by atomic mass is 10.2. The van der Waals surface area contributed by atoms with Crippen LogP contribution in [0.5, 0.6) is 5.75 Å². The van der Waals surface area contributed by atoms with Crippen molar-refractivity contribution in [2.75, 3.05) is 13.2 Å². The number of nitro benzene ring substituents is 1. The van der Waals surface area contributed by atoms with E-state index in [9.17, 15) is 10.1 Å². The largest absolute Gasteiger partial charge is 0.490 e. The Morgan fingerprint density at radius 2 is 1.90 bits per heavy atom. The van der Waals surface area contributed by atoms with Crippen LogP contribution in [0.3, 0.4) is 0 Å². The van der Waals surface area contributed by atoms with E-state index in [1.165, 1.54) is 17.7 Å². The Morgan fingerprint density at radius 1 is 1.14 bits per heavy atom. The van der Waals surface area contributed by atoms with E-state index in [0.717, 1.165) is 6.54 Å². The normalized spacial score (nSPS) is 10.3. The smallest absolute Gasteiger partial charge is 0.297 e. The number of nitro groups is 1. The van der Waals surface area contributed by atoms with Crippen molar-refractivity contribution in [3.63, 3.8) is 0 Å². The Bertz CT molecular complexity index is 602. The third-order valence-electron chi connectivity index (χ3n) is 2.91. The van der Waals surface area contributed by atoms with Gasteiger partial charge in [-0.1, -0.05) is 36.4 Å². The molecular formula is C15H16N3O3. The van der Waals surface area contributed by atoms with Crippen molar-refractivity contribution >= 4 is 11.4 Å². The average Bonchev–Trinajstić information content (AvgIpc) is 2.49. The molecule has 0 aliphatic heterocycles. The maximum absolute atomic E-state index is 10.7. The molecule has 0 amide bonds. The molecule has 0 aliphatic rings. The van der Waals surface area contributed by atoms with Gasteiger partial charge in [0.25, 0.3) is 5.69 Å². The lowest BCUT2D eigenvalue weighted by Crippen LogP contribution is -2.20. The Hall–Kier alpha value is -2.60. The molecule has 0 heterocycles. The monoisotopic (exact) mass is 286 g/mol. The summed E-state index contributed by atoms with van der Waals surface area (Å²) in [4.78, 5) is 10.1. The first-order valence-corrected chi connectivity index (χ1v) is 6.55. The molecule has 109 valence electrons. The fourth-order valence-electron chi connectivity index (χ4n) is 1.85. The van der Waals surface area contributed by atoms with Crippen molar-refractivity contribution < 1.29 is 9.66 Å². The molecule has 0 bridgehead atoms. The second-order valence-electron chi connectivity index (χ2n) is 4.42. The zero-order chi connectivity index (χ0) is 15.1. The number of hydrogen-bond donors (Lipinski definition) is 1. The highest BCUT2D eigenvalue weighted by Gasteiger charge is 2.15. The van der Waals surface area contributed by atoms with Gasteiger partial charge in [-0.15, -0.1) is 0 Å². The van der Waals surface area contributed by atoms with Gasteiger partial charge in [-0.3, -0.25) is 15.8 Å². The summed E-state index contributed by atoms with van der Waals surface area (Å²) < 4.78 is 5.41. The molecule has 0 unspecified atom stereocenters. The van der Waals surface area contributed by atoms with Crippen molar-refractivity contribution in [1.82, 2.24) is 11.1 Å². The SMILES string of the molecule is [NH]c1c(OCCNCc2ccccc2)cccc1[N+](=O)[O-]. The summed E-state index contributed by atoms with van der Waals surface area (Å²) in [5.74, 6) is 0.228. The van der Waals surface area contributed by atoms with E-state index in [0.29, 0.717) is 13.2 Å². The minimum atomic E-state index is -0.581. The predicted molar refractivity (Wildman–Crippen MR) is 79.5 cm³/mol. The van der Waals surface area contributed by atoms with Crippen molar-refractivity contribution in [3.8, 4) is 5.75 Å². The summed E-state index contributed by atoms with van der Waals surface area (Å²) in [6, 6.07) is 14.3. The average molecular weight is 286 g/mol. The fourth-order valence-corrected chi connectivity index (χ4v) is 1.85. The van der Waals surface area contributed by atoms with Gasteiger partial charge in [-0.05, 0) is 11.6 Å². The minimum absolute atomic E-state index is 0.189. The van der Waals surface area contributed by atoms with Crippen molar-refractivity contribution in [2.24, 2.45) is 0 Å². The summed E-state index contributed by atoms with van der Waals surface area (Å²) in [5.41, 5.74) is 8.44. The molecule has 0 saturated heterocycles. The van der Waals surface area contributed by atoms with Crippen LogP contribution in [0.4, 0.5) is 11.4 Å². The molecule has 2 rings (SSSR count). The van der Waals surface area contributed by atoms with E-state index in [1.54, 1.807) is 6.07 Å². The van der Waals surface area contributed by atoms with Crippen LogP contribution in [-0.2, 0) is 6.54 Å². The predicted octanol–water partition coefficient (Wildman–Crippen LogP) is 2.68. The summed E-state index contributed by atoms with van der Waals surface area (Å²) in [6.07, 6.45) is 0. The lowest BCUT2D eigenvalue weighted by molar-refractivity contribution is -0.384. The topological polar surface area (TPSA) is 88.2 Å². The van der Waals surface area contributed by atoms with Crippen LogP contribution in [0, 0.1) is 10.1 Å². The summed E-state index contributed by atoms with van der Waals surface area (Å²) >= 11 is 0. The summed E-state index contributed by atoms with van der Waals surface area (Å²) in [6.45, 7) is 1.67. The van der Waals surface area contributed by atoms with Gasteiger partial charge in [0, 0.05) is 19.2 Å². The molecule has 0 saturated carbocycles. The first-order valence-electron chi connectivity index (χ1n) is 6.55. The number of nitrogens with zero attached hydrogens (tertiary/aromatic N) is 1. The van der Waals surface area contributed by atoms with Crippen molar-refractivity contribution in [1.29, 1.82) is 0 Å². The molecule has 6 heteroatoms. The molecule has 2 aromatic carbocycles. The van der Waals surface area contributed by atoms with Gasteiger partial charge in [0.15, 0.2) is 11.4 Å². The highest BCUT2D eigenvalue weighted by Crippen LogP contribution is 2.32. The van der Waals surface area contributed by atoms with Gasteiger partial charge in [0.1, 0.15) is 6.61 Å². The van der Waals surface area contributed by atoms with Crippen molar-refractivity contribution in [3.05, 3.63) is 64.2 Å². The molecule has 1 radical (unpaired) electrons. The quantitative estimate of drug-likeness (QED) is 0.481.